The largest absolute Gasteiger partial charge is 0.326 e. The van der Waals surface area contributed by atoms with Crippen molar-refractivity contribution in [2.75, 3.05) is 6.54 Å². The molecule has 0 amide bonds. The van der Waals surface area contributed by atoms with E-state index in [-0.39, 0.29) is 5.92 Å². The molecule has 2 nitrogen and oxygen atoms in total. The molecule has 0 aromatic carbocycles. The quantitative estimate of drug-likeness (QED) is 0.551. The molecule has 13 heavy (non-hydrogen) atoms. The smallest absolute Gasteiger partial charge is 0.122 e. The molecule has 0 heterocycles. The lowest BCUT2D eigenvalue weighted by atomic mass is 10.1. The summed E-state index contributed by atoms with van der Waals surface area (Å²) in [5, 5.41) is 0. The normalized spacial score (nSPS) is 11.1. The van der Waals surface area contributed by atoms with Crippen molar-refractivity contribution in [3.05, 3.63) is 0 Å². The zero-order valence-electron chi connectivity index (χ0n) is 8.88. The Kier molecular flexibility index (Phi) is 13.7. The van der Waals surface area contributed by atoms with Crippen molar-refractivity contribution < 1.29 is 4.79 Å². The maximum atomic E-state index is 10.0. The first-order valence-electron chi connectivity index (χ1n) is 4.73. The third-order valence-corrected chi connectivity index (χ3v) is 1.70. The van der Waals surface area contributed by atoms with E-state index in [1.165, 1.54) is 12.8 Å². The minimum absolute atomic E-state index is 0.273. The fraction of sp³-hybridized carbons (Fsp3) is 0.800. The van der Waals surface area contributed by atoms with Crippen LogP contribution in [-0.4, -0.2) is 17.7 Å². The molecule has 0 saturated carbocycles. The van der Waals surface area contributed by atoms with Gasteiger partial charge in [0.25, 0.3) is 0 Å². The SMILES string of the molecule is CC(=S)CN.CCCCC(C)C=O. The molecule has 1 atom stereocenters. The van der Waals surface area contributed by atoms with Crippen molar-refractivity contribution in [2.24, 2.45) is 11.7 Å². The van der Waals surface area contributed by atoms with Gasteiger partial charge in [-0.15, -0.1) is 0 Å². The van der Waals surface area contributed by atoms with Crippen LogP contribution in [0.3, 0.4) is 0 Å². The van der Waals surface area contributed by atoms with Crippen LogP contribution in [0.2, 0.25) is 0 Å². The van der Waals surface area contributed by atoms with E-state index in [2.05, 4.69) is 19.1 Å². The predicted molar refractivity (Wildman–Crippen MR) is 62.1 cm³/mol. The highest BCUT2D eigenvalue weighted by Crippen LogP contribution is 2.02. The molecule has 3 heteroatoms. The van der Waals surface area contributed by atoms with Gasteiger partial charge in [-0.1, -0.05) is 38.9 Å². The molecule has 0 aromatic rings. The molecule has 0 radical (unpaired) electrons. The van der Waals surface area contributed by atoms with Crippen LogP contribution in [0.25, 0.3) is 0 Å². The standard InChI is InChI=1S/C7H14O.C3H7NS/c1-3-4-5-7(2)6-8;1-3(5)2-4/h6-7H,3-5H2,1-2H3;2,4H2,1H3. The van der Waals surface area contributed by atoms with Crippen molar-refractivity contribution in [2.45, 2.75) is 40.0 Å². The van der Waals surface area contributed by atoms with Crippen LogP contribution in [0.5, 0.6) is 0 Å². The second kappa shape index (κ2) is 11.7. The molecular formula is C10H21NOS. The second-order valence-corrected chi connectivity index (χ2v) is 3.86. The number of hydrogen-bond acceptors (Lipinski definition) is 3. The Labute approximate surface area is 86.9 Å². The van der Waals surface area contributed by atoms with E-state index in [0.717, 1.165) is 17.6 Å². The van der Waals surface area contributed by atoms with Crippen LogP contribution in [0.1, 0.15) is 40.0 Å². The van der Waals surface area contributed by atoms with E-state index < -0.39 is 0 Å². The van der Waals surface area contributed by atoms with Gasteiger partial charge in [0.05, 0.1) is 0 Å². The van der Waals surface area contributed by atoms with Gasteiger partial charge in [-0.25, -0.2) is 0 Å². The molecule has 2 N–H and O–H groups in total. The van der Waals surface area contributed by atoms with Gasteiger partial charge in [0.1, 0.15) is 6.29 Å². The Morgan fingerprint density at radius 3 is 2.31 bits per heavy atom. The Balaban J connectivity index is 0. The van der Waals surface area contributed by atoms with E-state index in [4.69, 9.17) is 5.73 Å². The Morgan fingerprint density at radius 2 is 2.08 bits per heavy atom. The Hall–Kier alpha value is -0.280. The van der Waals surface area contributed by atoms with Crippen molar-refractivity contribution in [3.8, 4) is 0 Å². The zero-order valence-corrected chi connectivity index (χ0v) is 9.69. The van der Waals surface area contributed by atoms with Gasteiger partial charge < -0.3 is 10.5 Å². The monoisotopic (exact) mass is 203 g/mol. The highest BCUT2D eigenvalue weighted by atomic mass is 32.1. The molecule has 0 bridgehead atoms. The number of rotatable bonds is 5. The molecule has 0 rings (SSSR count). The number of hydrogen-bond donors (Lipinski definition) is 1. The molecule has 1 unspecified atom stereocenters. The van der Waals surface area contributed by atoms with Crippen molar-refractivity contribution in [3.63, 3.8) is 0 Å². The van der Waals surface area contributed by atoms with Gasteiger partial charge in [0.2, 0.25) is 0 Å². The highest BCUT2D eigenvalue weighted by molar-refractivity contribution is 7.80. The van der Waals surface area contributed by atoms with E-state index in [1.807, 2.05) is 13.8 Å². The first-order chi connectivity index (χ1) is 6.08. The Morgan fingerprint density at radius 1 is 1.62 bits per heavy atom. The number of unbranched alkanes of at least 4 members (excludes halogenated alkanes) is 1. The molecule has 0 aliphatic rings. The highest BCUT2D eigenvalue weighted by Gasteiger charge is 1.95. The first-order valence-corrected chi connectivity index (χ1v) is 5.14. The number of carbonyl (C=O) groups is 1. The van der Waals surface area contributed by atoms with Gasteiger partial charge in [-0.05, 0) is 13.3 Å². The minimum Gasteiger partial charge on any atom is -0.326 e. The maximum absolute atomic E-state index is 10.0. The molecule has 0 saturated heterocycles. The first kappa shape index (κ1) is 15.2. The third kappa shape index (κ3) is 18.6. The zero-order chi connectivity index (χ0) is 10.7. The van der Waals surface area contributed by atoms with E-state index in [1.54, 1.807) is 0 Å². The summed E-state index contributed by atoms with van der Waals surface area (Å²) >= 11 is 4.57. The molecular weight excluding hydrogens is 182 g/mol. The summed E-state index contributed by atoms with van der Waals surface area (Å²) in [5.41, 5.74) is 5.03. The number of aldehydes is 1. The lowest BCUT2D eigenvalue weighted by Crippen LogP contribution is -2.05. The van der Waals surface area contributed by atoms with Crippen LogP contribution < -0.4 is 5.73 Å². The molecule has 0 spiro atoms. The van der Waals surface area contributed by atoms with Crippen molar-refractivity contribution in [1.82, 2.24) is 0 Å². The minimum atomic E-state index is 0.273. The van der Waals surface area contributed by atoms with Gasteiger partial charge in [0.15, 0.2) is 0 Å². The summed E-state index contributed by atoms with van der Waals surface area (Å²) in [6.07, 6.45) is 4.45. The van der Waals surface area contributed by atoms with E-state index >= 15 is 0 Å². The molecule has 0 aromatic heterocycles. The van der Waals surface area contributed by atoms with Gasteiger partial charge in [-0.2, -0.15) is 0 Å². The predicted octanol–water partition coefficient (Wildman–Crippen LogP) is 2.35. The third-order valence-electron chi connectivity index (χ3n) is 1.53. The van der Waals surface area contributed by atoms with Crippen LogP contribution >= 0.6 is 12.2 Å². The van der Waals surface area contributed by atoms with Gasteiger partial charge in [-0.3, -0.25) is 0 Å². The fourth-order valence-electron chi connectivity index (χ4n) is 0.594. The van der Waals surface area contributed by atoms with E-state index in [0.29, 0.717) is 6.54 Å². The summed E-state index contributed by atoms with van der Waals surface area (Å²) in [6.45, 7) is 6.46. The number of nitrogens with two attached hydrogens (primary N) is 1. The van der Waals surface area contributed by atoms with Crippen LogP contribution in [0, 0.1) is 5.92 Å². The van der Waals surface area contributed by atoms with Crippen molar-refractivity contribution in [1.29, 1.82) is 0 Å². The lowest BCUT2D eigenvalue weighted by molar-refractivity contribution is -0.110. The van der Waals surface area contributed by atoms with Gasteiger partial charge in [0, 0.05) is 17.3 Å². The Bertz CT molecular complexity index is 137. The van der Waals surface area contributed by atoms with Gasteiger partial charge >= 0.3 is 0 Å². The average Bonchev–Trinajstić information content (AvgIpc) is 2.15. The summed E-state index contributed by atoms with van der Waals surface area (Å²) in [7, 11) is 0. The van der Waals surface area contributed by atoms with Crippen molar-refractivity contribution >= 4 is 23.4 Å². The fourth-order valence-corrected chi connectivity index (χ4v) is 0.594. The molecule has 0 aliphatic heterocycles. The van der Waals surface area contributed by atoms with Crippen LogP contribution in [0.4, 0.5) is 0 Å². The summed E-state index contributed by atoms with van der Waals surface area (Å²) in [6, 6.07) is 0. The number of carbonyl (C=O) groups excluding carboxylic acids is 1. The summed E-state index contributed by atoms with van der Waals surface area (Å²) < 4.78 is 0. The number of thiocarbonyl (C=S) groups is 1. The van der Waals surface area contributed by atoms with E-state index in [9.17, 15) is 4.79 Å². The lowest BCUT2D eigenvalue weighted by Gasteiger charge is -1.97. The molecule has 78 valence electrons. The summed E-state index contributed by atoms with van der Waals surface area (Å²) in [4.78, 5) is 10.9. The topological polar surface area (TPSA) is 43.1 Å². The van der Waals surface area contributed by atoms with Crippen LogP contribution in [0.15, 0.2) is 0 Å². The van der Waals surface area contributed by atoms with Crippen LogP contribution in [-0.2, 0) is 4.79 Å². The maximum Gasteiger partial charge on any atom is 0.122 e. The average molecular weight is 203 g/mol. The molecule has 0 aliphatic carbocycles. The summed E-state index contributed by atoms with van der Waals surface area (Å²) in [5.74, 6) is 0.273. The second-order valence-electron chi connectivity index (χ2n) is 3.16. The molecule has 0 fully saturated rings.